The van der Waals surface area contributed by atoms with Crippen LogP contribution >= 0.6 is 0 Å². The maximum atomic E-state index is 12.1. The van der Waals surface area contributed by atoms with E-state index >= 15 is 0 Å². The Morgan fingerprint density at radius 2 is 2.00 bits per heavy atom. The Morgan fingerprint density at radius 1 is 1.30 bits per heavy atom. The normalized spacial score (nSPS) is 10.8. The van der Waals surface area contributed by atoms with Crippen LogP contribution in [-0.4, -0.2) is 15.8 Å². The van der Waals surface area contributed by atoms with Crippen LogP contribution in [0.1, 0.15) is 39.0 Å². The molecule has 0 aliphatic rings. The van der Waals surface area contributed by atoms with Crippen molar-refractivity contribution in [1.29, 1.82) is 0 Å². The Morgan fingerprint density at radius 3 is 2.52 bits per heavy atom. The molecule has 0 bridgehead atoms. The molecule has 0 unspecified atom stereocenters. The highest BCUT2D eigenvalue weighted by Gasteiger charge is 2.24. The highest BCUT2D eigenvalue weighted by Crippen LogP contribution is 2.30. The molecule has 1 heterocycles. The first kappa shape index (κ1) is 16.6. The molecule has 0 aliphatic heterocycles. The number of benzene rings is 1. The number of aromatic nitrogens is 2. The van der Waals surface area contributed by atoms with E-state index in [2.05, 4.69) is 37.7 Å². The van der Waals surface area contributed by atoms with Crippen LogP contribution in [0.25, 0.3) is 0 Å². The quantitative estimate of drug-likeness (QED) is 0.865. The van der Waals surface area contributed by atoms with Crippen LogP contribution < -0.4 is 10.6 Å². The fourth-order valence-electron chi connectivity index (χ4n) is 2.27. The van der Waals surface area contributed by atoms with Crippen molar-refractivity contribution in [2.45, 2.75) is 33.1 Å². The monoisotopic (exact) mass is 310 g/mol. The lowest BCUT2D eigenvalue weighted by Gasteiger charge is -2.20. The molecule has 120 valence electrons. The van der Waals surface area contributed by atoms with Crippen molar-refractivity contribution in [2.24, 2.45) is 12.8 Å². The second kappa shape index (κ2) is 6.17. The summed E-state index contributed by atoms with van der Waals surface area (Å²) in [6, 6.07) is 8.74. The van der Waals surface area contributed by atoms with Gasteiger partial charge in [-0.2, -0.15) is 5.10 Å². The summed E-state index contributed by atoms with van der Waals surface area (Å²) in [6.07, 6.45) is 0. The Labute approximate surface area is 137 Å². The maximum Gasteiger partial charge on any atom is 0.325 e. The topological polar surface area (TPSA) is 64.2 Å². The molecule has 0 saturated heterocycles. The molecule has 0 fully saturated rings. The van der Waals surface area contributed by atoms with Gasteiger partial charge in [-0.1, -0.05) is 32.8 Å². The molecule has 2 amide bonds. The average molecular weight is 310 g/mol. The van der Waals surface area contributed by atoms with Crippen molar-refractivity contribution in [1.82, 2.24) is 9.78 Å². The number of carbonyl (C=O) groups is 1. The van der Waals surface area contributed by atoms with Crippen LogP contribution in [0.4, 0.5) is 16.3 Å². The molecule has 5 nitrogen and oxygen atoms in total. The fourth-order valence-corrected chi connectivity index (χ4v) is 2.27. The van der Waals surface area contributed by atoms with Crippen molar-refractivity contribution >= 4 is 17.5 Å². The molecular formula is C18H22N4O. The van der Waals surface area contributed by atoms with Crippen LogP contribution in [0.2, 0.25) is 0 Å². The maximum absolute atomic E-state index is 12.1. The van der Waals surface area contributed by atoms with Crippen molar-refractivity contribution in [2.75, 3.05) is 4.90 Å². The molecule has 2 N–H and O–H groups in total. The summed E-state index contributed by atoms with van der Waals surface area (Å²) in [4.78, 5) is 13.5. The van der Waals surface area contributed by atoms with Crippen molar-refractivity contribution < 1.29 is 4.79 Å². The van der Waals surface area contributed by atoms with Crippen molar-refractivity contribution in [3.05, 3.63) is 41.6 Å². The third kappa shape index (κ3) is 3.54. The molecule has 5 heteroatoms. The Kier molecular flexibility index (Phi) is 4.46. The number of nitrogens with two attached hydrogens (primary N) is 1. The van der Waals surface area contributed by atoms with Gasteiger partial charge in [-0.05, 0) is 25.1 Å². The van der Waals surface area contributed by atoms with E-state index < -0.39 is 6.03 Å². The number of aryl methyl sites for hydroxylation is 1. The summed E-state index contributed by atoms with van der Waals surface area (Å²) in [5, 5.41) is 4.51. The van der Waals surface area contributed by atoms with E-state index in [-0.39, 0.29) is 5.41 Å². The standard InChI is InChI=1S/C18H22N4O/c1-6-8-13-9-7-10-14(11-13)22(17(19)23)16-12-15(18(2,3)4)20-21(16)5/h7,9-12H,1-5H3,(H2,19,23). The lowest BCUT2D eigenvalue weighted by molar-refractivity contribution is 0.255. The van der Waals surface area contributed by atoms with E-state index in [0.717, 1.165) is 11.3 Å². The molecule has 2 rings (SSSR count). The zero-order chi connectivity index (χ0) is 17.2. The minimum absolute atomic E-state index is 0.116. The molecule has 1 aromatic carbocycles. The first-order valence-corrected chi connectivity index (χ1v) is 7.41. The second-order valence-electron chi connectivity index (χ2n) is 6.36. The summed E-state index contributed by atoms with van der Waals surface area (Å²) < 4.78 is 1.67. The smallest absolute Gasteiger partial charge is 0.325 e. The number of nitrogens with zero attached hydrogens (tertiary/aromatic N) is 3. The number of hydrogen-bond acceptors (Lipinski definition) is 2. The summed E-state index contributed by atoms with van der Waals surface area (Å²) in [5.74, 6) is 6.47. The third-order valence-electron chi connectivity index (χ3n) is 3.45. The molecule has 0 saturated carbocycles. The zero-order valence-corrected chi connectivity index (χ0v) is 14.2. The van der Waals surface area contributed by atoms with Gasteiger partial charge in [0.2, 0.25) is 0 Å². The molecule has 0 atom stereocenters. The summed E-state index contributed by atoms with van der Waals surface area (Å²) >= 11 is 0. The molecule has 23 heavy (non-hydrogen) atoms. The minimum Gasteiger partial charge on any atom is -0.351 e. The Balaban J connectivity index is 2.55. The van der Waals surface area contributed by atoms with E-state index in [1.807, 2.05) is 30.3 Å². The number of hydrogen-bond donors (Lipinski definition) is 1. The molecule has 2 aromatic rings. The minimum atomic E-state index is -0.560. The highest BCUT2D eigenvalue weighted by atomic mass is 16.2. The first-order valence-electron chi connectivity index (χ1n) is 7.41. The van der Waals surface area contributed by atoms with Gasteiger partial charge in [-0.25, -0.2) is 9.69 Å². The van der Waals surface area contributed by atoms with Crippen LogP contribution in [0.5, 0.6) is 0 Å². The number of amides is 2. The van der Waals surface area contributed by atoms with Gasteiger partial charge in [-0.3, -0.25) is 4.68 Å². The van der Waals surface area contributed by atoms with Crippen LogP contribution in [0, 0.1) is 11.8 Å². The number of rotatable bonds is 2. The highest BCUT2D eigenvalue weighted by molar-refractivity contribution is 5.97. The lowest BCUT2D eigenvalue weighted by Crippen LogP contribution is -2.32. The molecule has 0 radical (unpaired) electrons. The summed E-state index contributed by atoms with van der Waals surface area (Å²) in [5.41, 5.74) is 7.90. The van der Waals surface area contributed by atoms with E-state index in [1.54, 1.807) is 18.7 Å². The van der Waals surface area contributed by atoms with Gasteiger partial charge in [0.1, 0.15) is 5.82 Å². The predicted molar refractivity (Wildman–Crippen MR) is 92.6 cm³/mol. The zero-order valence-electron chi connectivity index (χ0n) is 14.2. The molecular weight excluding hydrogens is 288 g/mol. The number of urea groups is 1. The van der Waals surface area contributed by atoms with Crippen molar-refractivity contribution in [3.8, 4) is 11.8 Å². The Hall–Kier alpha value is -2.74. The third-order valence-corrected chi connectivity index (χ3v) is 3.45. The lowest BCUT2D eigenvalue weighted by atomic mass is 9.92. The van der Waals surface area contributed by atoms with Gasteiger partial charge in [0.15, 0.2) is 0 Å². The van der Waals surface area contributed by atoms with Gasteiger partial charge in [0, 0.05) is 24.1 Å². The molecule has 1 aromatic heterocycles. The van der Waals surface area contributed by atoms with E-state index in [0.29, 0.717) is 11.5 Å². The van der Waals surface area contributed by atoms with Crippen LogP contribution in [0.15, 0.2) is 30.3 Å². The second-order valence-corrected chi connectivity index (χ2v) is 6.36. The number of carbonyl (C=O) groups excluding carboxylic acids is 1. The largest absolute Gasteiger partial charge is 0.351 e. The van der Waals surface area contributed by atoms with Gasteiger partial charge < -0.3 is 5.73 Å². The van der Waals surface area contributed by atoms with E-state index in [1.165, 1.54) is 4.90 Å². The number of anilines is 2. The van der Waals surface area contributed by atoms with Crippen LogP contribution in [-0.2, 0) is 12.5 Å². The van der Waals surface area contributed by atoms with Gasteiger partial charge >= 0.3 is 6.03 Å². The summed E-state index contributed by atoms with van der Waals surface area (Å²) in [6.45, 7) is 8.00. The first-order chi connectivity index (χ1) is 10.7. The molecule has 0 aliphatic carbocycles. The average Bonchev–Trinajstić information content (AvgIpc) is 2.82. The van der Waals surface area contributed by atoms with Gasteiger partial charge in [-0.15, -0.1) is 5.92 Å². The number of primary amides is 1. The van der Waals surface area contributed by atoms with E-state index in [9.17, 15) is 4.79 Å². The SMILES string of the molecule is CC#Cc1cccc(N(C(N)=O)c2cc(C(C)(C)C)nn2C)c1. The fraction of sp³-hybridized carbons (Fsp3) is 0.333. The molecule has 0 spiro atoms. The predicted octanol–water partition coefficient (Wildman–Crippen LogP) is 3.31. The van der Waals surface area contributed by atoms with Gasteiger partial charge in [0.25, 0.3) is 0 Å². The summed E-state index contributed by atoms with van der Waals surface area (Å²) in [7, 11) is 1.80. The van der Waals surface area contributed by atoms with Crippen molar-refractivity contribution in [3.63, 3.8) is 0 Å². The van der Waals surface area contributed by atoms with Crippen LogP contribution in [0.3, 0.4) is 0 Å². The van der Waals surface area contributed by atoms with Gasteiger partial charge in [0.05, 0.1) is 11.4 Å². The Bertz CT molecular complexity index is 787. The van der Waals surface area contributed by atoms with E-state index in [4.69, 9.17) is 5.73 Å².